The molecule has 0 amide bonds. The Morgan fingerprint density at radius 1 is 1.47 bits per heavy atom. The third-order valence-corrected chi connectivity index (χ3v) is 2.30. The highest BCUT2D eigenvalue weighted by Crippen LogP contribution is 2.18. The number of halogens is 1. The van der Waals surface area contributed by atoms with Crippen LogP contribution < -0.4 is 11.1 Å². The molecule has 0 heterocycles. The minimum absolute atomic E-state index is 0. The van der Waals surface area contributed by atoms with Crippen molar-refractivity contribution in [1.82, 2.24) is 5.32 Å². The van der Waals surface area contributed by atoms with E-state index >= 15 is 0 Å². The van der Waals surface area contributed by atoms with Crippen LogP contribution >= 0.6 is 24.0 Å². The van der Waals surface area contributed by atoms with Crippen LogP contribution in [0, 0.1) is 16.0 Å². The average molecular weight is 378 g/mol. The quantitative estimate of drug-likeness (QED) is 0.270. The summed E-state index contributed by atoms with van der Waals surface area (Å²) in [5.74, 6) is 0.770. The number of rotatable bonds is 5. The first kappa shape index (κ1) is 17.6. The number of aliphatic imine (C=N–C) groups is 1. The molecule has 0 fully saturated rings. The summed E-state index contributed by atoms with van der Waals surface area (Å²) in [6.45, 7) is 5.05. The van der Waals surface area contributed by atoms with Gasteiger partial charge in [-0.15, -0.1) is 24.0 Å². The lowest BCUT2D eigenvalue weighted by Crippen LogP contribution is -2.34. The Bertz CT molecular complexity index is 449. The van der Waals surface area contributed by atoms with Crippen LogP contribution in [0.25, 0.3) is 0 Å². The highest BCUT2D eigenvalue weighted by molar-refractivity contribution is 14.0. The maximum absolute atomic E-state index is 10.8. The van der Waals surface area contributed by atoms with E-state index in [9.17, 15) is 10.1 Å². The van der Waals surface area contributed by atoms with Crippen molar-refractivity contribution in [3.63, 3.8) is 0 Å². The third-order valence-electron chi connectivity index (χ3n) is 2.30. The van der Waals surface area contributed by atoms with Crippen molar-refractivity contribution in [3.05, 3.63) is 39.9 Å². The van der Waals surface area contributed by atoms with Crippen LogP contribution in [0.4, 0.5) is 5.69 Å². The van der Waals surface area contributed by atoms with Gasteiger partial charge >= 0.3 is 0 Å². The maximum atomic E-state index is 10.8. The molecule has 1 aromatic carbocycles. The van der Waals surface area contributed by atoms with Crippen LogP contribution in [0.15, 0.2) is 29.3 Å². The molecule has 0 saturated heterocycles. The molecule has 1 rings (SSSR count). The van der Waals surface area contributed by atoms with Crippen molar-refractivity contribution in [3.8, 4) is 0 Å². The zero-order valence-electron chi connectivity index (χ0n) is 11.0. The van der Waals surface area contributed by atoms with Crippen LogP contribution in [-0.4, -0.2) is 17.4 Å². The molecule has 0 spiro atoms. The van der Waals surface area contributed by atoms with Gasteiger partial charge in [0, 0.05) is 12.6 Å². The van der Waals surface area contributed by atoms with Crippen molar-refractivity contribution in [1.29, 1.82) is 0 Å². The highest BCUT2D eigenvalue weighted by Gasteiger charge is 2.11. The molecule has 0 aliphatic rings. The maximum Gasteiger partial charge on any atom is 0.274 e. The minimum Gasteiger partial charge on any atom is -0.370 e. The second-order valence-electron chi connectivity index (χ2n) is 4.36. The molecule has 0 bridgehead atoms. The summed E-state index contributed by atoms with van der Waals surface area (Å²) in [6.07, 6.45) is 0. The van der Waals surface area contributed by atoms with Gasteiger partial charge in [-0.05, 0) is 5.92 Å². The number of nitrogens with two attached hydrogens (primary N) is 1. The van der Waals surface area contributed by atoms with E-state index < -0.39 is 4.92 Å². The lowest BCUT2D eigenvalue weighted by Gasteiger charge is -2.07. The number of nitrogens with zero attached hydrogens (tertiary/aromatic N) is 2. The third kappa shape index (κ3) is 6.37. The van der Waals surface area contributed by atoms with Crippen molar-refractivity contribution in [2.75, 3.05) is 6.54 Å². The normalized spacial score (nSPS) is 11.0. The number of guanidine groups is 1. The molecule has 0 aliphatic carbocycles. The highest BCUT2D eigenvalue weighted by atomic mass is 127. The van der Waals surface area contributed by atoms with Gasteiger partial charge in [-0.1, -0.05) is 32.0 Å². The predicted octanol–water partition coefficient (Wildman–Crippen LogP) is 2.27. The molecule has 0 unspecified atom stereocenters. The summed E-state index contributed by atoms with van der Waals surface area (Å²) in [6, 6.07) is 6.52. The van der Waals surface area contributed by atoms with Crippen molar-refractivity contribution in [2.24, 2.45) is 16.6 Å². The molecule has 7 heteroatoms. The van der Waals surface area contributed by atoms with Crippen molar-refractivity contribution >= 4 is 35.6 Å². The summed E-state index contributed by atoms with van der Waals surface area (Å²) >= 11 is 0. The van der Waals surface area contributed by atoms with Crippen LogP contribution in [-0.2, 0) is 6.54 Å². The second kappa shape index (κ2) is 8.68. The van der Waals surface area contributed by atoms with E-state index in [2.05, 4.69) is 24.2 Å². The fourth-order valence-corrected chi connectivity index (χ4v) is 1.36. The van der Waals surface area contributed by atoms with E-state index in [4.69, 9.17) is 5.73 Å². The van der Waals surface area contributed by atoms with Gasteiger partial charge in [0.15, 0.2) is 5.96 Å². The Kier molecular flexibility index (Phi) is 8.05. The molecule has 6 nitrogen and oxygen atoms in total. The minimum atomic E-state index is -0.414. The fraction of sp³-hybridized carbons (Fsp3) is 0.417. The molecule has 0 aliphatic heterocycles. The lowest BCUT2D eigenvalue weighted by atomic mass is 10.2. The topological polar surface area (TPSA) is 93.5 Å². The number of nitrogens with one attached hydrogen (secondary N) is 1. The zero-order valence-corrected chi connectivity index (χ0v) is 13.3. The molecule has 1 aromatic rings. The average Bonchev–Trinajstić information content (AvgIpc) is 2.34. The Hall–Kier alpha value is -1.38. The van der Waals surface area contributed by atoms with E-state index in [0.29, 0.717) is 17.4 Å². The van der Waals surface area contributed by atoms with Crippen molar-refractivity contribution < 1.29 is 4.92 Å². The Balaban J connectivity index is 0.00000324. The SMILES string of the molecule is CC(C)CNC(N)=NCc1ccccc1[N+](=O)[O-].I. The number of hydrogen-bond donors (Lipinski definition) is 2. The van der Waals surface area contributed by atoms with Gasteiger partial charge in [0.2, 0.25) is 0 Å². The molecule has 106 valence electrons. The molecule has 0 aromatic heterocycles. The lowest BCUT2D eigenvalue weighted by molar-refractivity contribution is -0.385. The van der Waals surface area contributed by atoms with E-state index in [1.165, 1.54) is 6.07 Å². The Morgan fingerprint density at radius 3 is 2.68 bits per heavy atom. The summed E-state index contributed by atoms with van der Waals surface area (Å²) in [4.78, 5) is 14.5. The monoisotopic (exact) mass is 378 g/mol. The van der Waals surface area contributed by atoms with E-state index in [1.54, 1.807) is 18.2 Å². The largest absolute Gasteiger partial charge is 0.370 e. The summed E-state index contributed by atoms with van der Waals surface area (Å²) in [5.41, 5.74) is 6.29. The van der Waals surface area contributed by atoms with Crippen LogP contribution in [0.1, 0.15) is 19.4 Å². The van der Waals surface area contributed by atoms with E-state index in [1.807, 2.05) is 0 Å². The van der Waals surface area contributed by atoms with Crippen LogP contribution in [0.3, 0.4) is 0 Å². The molecule has 0 atom stereocenters. The zero-order chi connectivity index (χ0) is 13.5. The smallest absolute Gasteiger partial charge is 0.274 e. The first-order chi connectivity index (χ1) is 8.50. The summed E-state index contributed by atoms with van der Waals surface area (Å²) < 4.78 is 0. The first-order valence-electron chi connectivity index (χ1n) is 5.76. The first-order valence-corrected chi connectivity index (χ1v) is 5.76. The molecular weight excluding hydrogens is 359 g/mol. The van der Waals surface area contributed by atoms with Crippen LogP contribution in [0.5, 0.6) is 0 Å². The fourth-order valence-electron chi connectivity index (χ4n) is 1.36. The number of hydrogen-bond acceptors (Lipinski definition) is 3. The van der Waals surface area contributed by atoms with Gasteiger partial charge in [0.25, 0.3) is 5.69 Å². The molecular formula is C12H19IN4O2. The molecule has 0 saturated carbocycles. The number of nitro benzene ring substituents is 1. The van der Waals surface area contributed by atoms with Gasteiger partial charge in [0.05, 0.1) is 17.0 Å². The second-order valence-corrected chi connectivity index (χ2v) is 4.36. The van der Waals surface area contributed by atoms with Gasteiger partial charge in [0.1, 0.15) is 0 Å². The Labute approximate surface area is 129 Å². The predicted molar refractivity (Wildman–Crippen MR) is 86.7 cm³/mol. The summed E-state index contributed by atoms with van der Waals surface area (Å²) in [5, 5.41) is 13.8. The van der Waals surface area contributed by atoms with E-state index in [0.717, 1.165) is 6.54 Å². The molecule has 19 heavy (non-hydrogen) atoms. The molecule has 3 N–H and O–H groups in total. The summed E-state index contributed by atoms with van der Waals surface area (Å²) in [7, 11) is 0. The standard InChI is InChI=1S/C12H18N4O2.HI/c1-9(2)7-14-12(13)15-8-10-5-3-4-6-11(10)16(17)18;/h3-6,9H,7-8H2,1-2H3,(H3,13,14,15);1H. The van der Waals surface area contributed by atoms with Crippen LogP contribution in [0.2, 0.25) is 0 Å². The van der Waals surface area contributed by atoms with Gasteiger partial charge in [-0.25, -0.2) is 4.99 Å². The molecule has 0 radical (unpaired) electrons. The number of benzene rings is 1. The van der Waals surface area contributed by atoms with Gasteiger partial charge in [-0.3, -0.25) is 10.1 Å². The van der Waals surface area contributed by atoms with Crippen molar-refractivity contribution in [2.45, 2.75) is 20.4 Å². The number of nitro groups is 1. The number of para-hydroxylation sites is 1. The van der Waals surface area contributed by atoms with Gasteiger partial charge < -0.3 is 11.1 Å². The Morgan fingerprint density at radius 2 is 2.11 bits per heavy atom. The van der Waals surface area contributed by atoms with E-state index in [-0.39, 0.29) is 36.2 Å². The van der Waals surface area contributed by atoms with Gasteiger partial charge in [-0.2, -0.15) is 0 Å².